The molecule has 1 aliphatic carbocycles. The maximum atomic E-state index is 13.7. The molecule has 0 aromatic carbocycles. The number of fused-ring (bicyclic) bond motifs is 3. The van der Waals surface area contributed by atoms with Gasteiger partial charge in [-0.25, -0.2) is 0 Å². The van der Waals surface area contributed by atoms with Crippen molar-refractivity contribution < 1.29 is 24.5 Å². The van der Waals surface area contributed by atoms with Gasteiger partial charge in [0.05, 0.1) is 36.8 Å². The van der Waals surface area contributed by atoms with Gasteiger partial charge >= 0.3 is 0 Å². The zero-order chi connectivity index (χ0) is 18.6. The minimum absolute atomic E-state index is 0.168. The van der Waals surface area contributed by atoms with Gasteiger partial charge in [0.25, 0.3) is 11.8 Å². The van der Waals surface area contributed by atoms with Crippen molar-refractivity contribution in [3.8, 4) is 0 Å². The monoisotopic (exact) mass is 404 g/mol. The summed E-state index contributed by atoms with van der Waals surface area (Å²) in [6.45, 7) is 0. The van der Waals surface area contributed by atoms with Crippen LogP contribution in [0.5, 0.6) is 0 Å². The number of aliphatic hydroxyl groups is 2. The topological polar surface area (TPSA) is 90.3 Å². The number of hydrogen-bond donors (Lipinski definition) is 2. The van der Waals surface area contributed by atoms with Crippen molar-refractivity contribution >= 4 is 33.4 Å². The highest BCUT2D eigenvalue weighted by Crippen LogP contribution is 2.69. The van der Waals surface area contributed by atoms with Gasteiger partial charge in [-0.3, -0.25) is 9.59 Å². The molecule has 5 saturated heterocycles. The number of ether oxygens (including phenoxy) is 1. The molecule has 2 N–H and O–H groups in total. The Morgan fingerprint density at radius 1 is 0.963 bits per heavy atom. The van der Waals surface area contributed by atoms with E-state index in [1.54, 1.807) is 22.0 Å². The molecule has 0 saturated carbocycles. The van der Waals surface area contributed by atoms with Crippen LogP contribution in [-0.4, -0.2) is 65.9 Å². The Hall–Kier alpha value is -1.68. The molecule has 2 bridgehead atoms. The summed E-state index contributed by atoms with van der Waals surface area (Å²) in [5.74, 6) is -0.338. The van der Waals surface area contributed by atoms with E-state index in [9.17, 15) is 19.8 Å². The molecule has 6 atom stereocenters. The summed E-state index contributed by atoms with van der Waals surface area (Å²) in [5, 5.41) is 21.1. The van der Waals surface area contributed by atoms with Crippen molar-refractivity contribution in [2.75, 3.05) is 0 Å². The highest BCUT2D eigenvalue weighted by molar-refractivity contribution is 8.78. The van der Waals surface area contributed by atoms with Crippen LogP contribution in [0, 0.1) is 0 Å². The fourth-order valence-electron chi connectivity index (χ4n) is 5.15. The molecule has 0 radical (unpaired) electrons. The lowest BCUT2D eigenvalue weighted by Gasteiger charge is -2.58. The van der Waals surface area contributed by atoms with Crippen LogP contribution >= 0.6 is 21.6 Å². The van der Waals surface area contributed by atoms with E-state index in [2.05, 4.69) is 0 Å². The SMILES string of the molecule is O=C1N2[C@H]3C(=COC=C[C@@H]3O)C[C@]23SS[C@]12CC1=CC=C[C@H](O)[C@H]1N2C3=O. The molecule has 6 heterocycles. The van der Waals surface area contributed by atoms with Crippen molar-refractivity contribution in [3.05, 3.63) is 48.0 Å². The first kappa shape index (κ1) is 16.3. The Kier molecular flexibility index (Phi) is 3.03. The van der Waals surface area contributed by atoms with Gasteiger partial charge in [-0.15, -0.1) is 0 Å². The van der Waals surface area contributed by atoms with Crippen LogP contribution in [0.2, 0.25) is 0 Å². The van der Waals surface area contributed by atoms with Crippen molar-refractivity contribution in [2.24, 2.45) is 0 Å². The summed E-state index contributed by atoms with van der Waals surface area (Å²) >= 11 is 0. The second-order valence-corrected chi connectivity index (χ2v) is 10.3. The van der Waals surface area contributed by atoms with Crippen molar-refractivity contribution in [1.82, 2.24) is 9.80 Å². The van der Waals surface area contributed by atoms with Gasteiger partial charge in [0.2, 0.25) is 0 Å². The molecule has 2 spiro atoms. The van der Waals surface area contributed by atoms with Gasteiger partial charge < -0.3 is 24.7 Å². The van der Waals surface area contributed by atoms with Crippen LogP contribution in [0.1, 0.15) is 12.8 Å². The van der Waals surface area contributed by atoms with E-state index < -0.39 is 34.0 Å². The minimum Gasteiger partial charge on any atom is -0.473 e. The normalized spacial score (nSPS) is 46.3. The molecule has 9 heteroatoms. The summed E-state index contributed by atoms with van der Waals surface area (Å²) in [4.78, 5) is 28.5. The van der Waals surface area contributed by atoms with Crippen molar-refractivity contribution in [1.29, 1.82) is 0 Å². The number of hydrogen-bond acceptors (Lipinski definition) is 7. The molecule has 0 aromatic heterocycles. The molecule has 7 rings (SSSR count). The van der Waals surface area contributed by atoms with Gasteiger partial charge in [-0.05, 0) is 17.2 Å². The highest BCUT2D eigenvalue weighted by atomic mass is 33.1. The van der Waals surface area contributed by atoms with Crippen LogP contribution in [-0.2, 0) is 14.3 Å². The Bertz CT molecular complexity index is 913. The van der Waals surface area contributed by atoms with Crippen molar-refractivity contribution in [2.45, 2.75) is 46.9 Å². The molecule has 7 nitrogen and oxygen atoms in total. The number of carbonyl (C=O) groups excluding carboxylic acids is 2. The molecule has 0 aromatic rings. The molecule has 0 unspecified atom stereocenters. The maximum absolute atomic E-state index is 13.7. The van der Waals surface area contributed by atoms with E-state index >= 15 is 0 Å². The third-order valence-electron chi connectivity index (χ3n) is 6.24. The Morgan fingerprint density at radius 3 is 2.26 bits per heavy atom. The quantitative estimate of drug-likeness (QED) is 0.573. The number of allylic oxidation sites excluding steroid dienone is 2. The summed E-state index contributed by atoms with van der Waals surface area (Å²) in [5.41, 5.74) is 1.64. The number of piperazine rings is 1. The molecule has 2 amide bonds. The van der Waals surface area contributed by atoms with E-state index in [-0.39, 0.29) is 11.8 Å². The van der Waals surface area contributed by atoms with Crippen molar-refractivity contribution in [3.63, 3.8) is 0 Å². The Labute approximate surface area is 162 Å². The fourth-order valence-corrected chi connectivity index (χ4v) is 8.86. The number of rotatable bonds is 0. The predicted octanol–water partition coefficient (Wildman–Crippen LogP) is 0.635. The van der Waals surface area contributed by atoms with Crippen LogP contribution in [0.3, 0.4) is 0 Å². The van der Waals surface area contributed by atoms with E-state index in [0.717, 1.165) is 11.1 Å². The van der Waals surface area contributed by atoms with Gasteiger partial charge in [-0.1, -0.05) is 39.8 Å². The number of nitrogens with zero attached hydrogens (tertiary/aromatic N) is 2. The summed E-state index contributed by atoms with van der Waals surface area (Å²) in [6, 6.07) is -1.10. The van der Waals surface area contributed by atoms with E-state index in [4.69, 9.17) is 4.74 Å². The average molecular weight is 404 g/mol. The van der Waals surface area contributed by atoms with Gasteiger partial charge in [-0.2, -0.15) is 0 Å². The van der Waals surface area contributed by atoms with Crippen LogP contribution in [0.4, 0.5) is 0 Å². The third kappa shape index (κ3) is 1.70. The molecule has 140 valence electrons. The summed E-state index contributed by atoms with van der Waals surface area (Å²) in [6.07, 6.45) is 8.73. The lowest BCUT2D eigenvalue weighted by molar-refractivity contribution is -0.168. The van der Waals surface area contributed by atoms with E-state index in [1.165, 1.54) is 40.2 Å². The molecule has 7 aliphatic rings. The predicted molar refractivity (Wildman–Crippen MR) is 98.7 cm³/mol. The minimum atomic E-state index is -1.11. The Morgan fingerprint density at radius 2 is 1.56 bits per heavy atom. The van der Waals surface area contributed by atoms with Crippen LogP contribution in [0.15, 0.2) is 48.0 Å². The molecule has 5 fully saturated rings. The van der Waals surface area contributed by atoms with E-state index in [1.807, 2.05) is 6.08 Å². The second kappa shape index (κ2) is 5.02. The summed E-state index contributed by atoms with van der Waals surface area (Å²) < 4.78 is 5.31. The summed E-state index contributed by atoms with van der Waals surface area (Å²) in [7, 11) is 2.81. The standard InChI is InChI=1S/C18H16N2O5S2/c21-11-3-1-2-9-6-17-15(23)20-14-10(8-25-5-4-12(14)22)7-18(20,27-26-17)16(24)19(17)13(9)11/h1-5,8,11-14,21-22H,6-7H2/t11-,12-,13-,14-,17+,18+/m0/s1. The second-order valence-electron chi connectivity index (χ2n) is 7.59. The largest absolute Gasteiger partial charge is 0.473 e. The zero-order valence-corrected chi connectivity index (χ0v) is 15.7. The molecule has 6 aliphatic heterocycles. The lowest BCUT2D eigenvalue weighted by atomic mass is 9.96. The zero-order valence-electron chi connectivity index (χ0n) is 14.0. The number of aliphatic hydroxyl groups excluding tert-OH is 2. The molecular formula is C18H16N2O5S2. The first-order valence-electron chi connectivity index (χ1n) is 8.78. The van der Waals surface area contributed by atoms with Crippen LogP contribution < -0.4 is 0 Å². The van der Waals surface area contributed by atoms with E-state index in [0.29, 0.717) is 12.8 Å². The smallest absolute Gasteiger partial charge is 0.262 e. The average Bonchev–Trinajstić information content (AvgIpc) is 3.12. The molecular weight excluding hydrogens is 388 g/mol. The van der Waals surface area contributed by atoms with Gasteiger partial charge in [0.1, 0.15) is 0 Å². The Balaban J connectivity index is 1.53. The molecule has 27 heavy (non-hydrogen) atoms. The van der Waals surface area contributed by atoms with Gasteiger partial charge in [0, 0.05) is 12.8 Å². The number of carbonyl (C=O) groups is 2. The lowest BCUT2D eigenvalue weighted by Crippen LogP contribution is -2.77. The highest BCUT2D eigenvalue weighted by Gasteiger charge is 2.77. The van der Waals surface area contributed by atoms with Gasteiger partial charge in [0.15, 0.2) is 9.74 Å². The first-order valence-corrected chi connectivity index (χ1v) is 10.9. The number of amides is 2. The first-order chi connectivity index (χ1) is 13.0. The fraction of sp³-hybridized carbons (Fsp3) is 0.444. The maximum Gasteiger partial charge on any atom is 0.262 e. The third-order valence-corrected chi connectivity index (χ3v) is 9.81. The van der Waals surface area contributed by atoms with Crippen LogP contribution in [0.25, 0.3) is 0 Å².